The van der Waals surface area contributed by atoms with Crippen LogP contribution in [0.1, 0.15) is 21.8 Å². The molecule has 3 heterocycles. The van der Waals surface area contributed by atoms with Gasteiger partial charge in [-0.25, -0.2) is 0 Å². The average Bonchev–Trinajstić information content (AvgIpc) is 3.24. The topological polar surface area (TPSA) is 59.5 Å². The number of rotatable bonds is 2. The molecule has 6 heteroatoms. The molecule has 5 nitrogen and oxygen atoms in total. The number of hydrogen-bond donors (Lipinski definition) is 0. The molecule has 23 heavy (non-hydrogen) atoms. The molecule has 0 unspecified atom stereocenters. The van der Waals surface area contributed by atoms with Gasteiger partial charge in [-0.2, -0.15) is 0 Å². The molecule has 116 valence electrons. The van der Waals surface area contributed by atoms with Crippen molar-refractivity contribution in [2.75, 3.05) is 6.54 Å². The minimum absolute atomic E-state index is 0.128. The Labute approximate surface area is 137 Å². The second-order valence-electron chi connectivity index (χ2n) is 5.40. The maximum atomic E-state index is 12.3. The maximum Gasteiger partial charge on any atom is 0.289 e. The van der Waals surface area contributed by atoms with Crippen molar-refractivity contribution in [1.29, 1.82) is 0 Å². The van der Waals surface area contributed by atoms with Crippen LogP contribution in [0.4, 0.5) is 0 Å². The summed E-state index contributed by atoms with van der Waals surface area (Å²) in [6, 6.07) is 10.8. The van der Waals surface area contributed by atoms with E-state index in [1.165, 1.54) is 6.26 Å². The molecule has 0 radical (unpaired) electrons. The quantitative estimate of drug-likeness (QED) is 0.718. The zero-order chi connectivity index (χ0) is 15.8. The van der Waals surface area contributed by atoms with Crippen molar-refractivity contribution >= 4 is 17.5 Å². The molecule has 2 aromatic heterocycles. The van der Waals surface area contributed by atoms with Crippen LogP contribution in [-0.4, -0.2) is 22.5 Å². The van der Waals surface area contributed by atoms with Crippen LogP contribution in [0, 0.1) is 0 Å². The molecule has 0 saturated heterocycles. The van der Waals surface area contributed by atoms with Crippen LogP contribution in [0.25, 0.3) is 11.3 Å². The largest absolute Gasteiger partial charge is 0.459 e. The Balaban J connectivity index is 1.60. The third-order valence-corrected chi connectivity index (χ3v) is 4.22. The highest BCUT2D eigenvalue weighted by Gasteiger charge is 2.28. The van der Waals surface area contributed by atoms with Gasteiger partial charge in [0.25, 0.3) is 5.91 Å². The van der Waals surface area contributed by atoms with E-state index in [-0.39, 0.29) is 5.91 Å². The maximum absolute atomic E-state index is 12.3. The molecule has 0 bridgehead atoms. The summed E-state index contributed by atoms with van der Waals surface area (Å²) >= 11 is 5.92. The lowest BCUT2D eigenvalue weighted by molar-refractivity contribution is 0.0699. The van der Waals surface area contributed by atoms with Crippen molar-refractivity contribution in [3.63, 3.8) is 0 Å². The summed E-state index contributed by atoms with van der Waals surface area (Å²) in [7, 11) is 0. The first-order valence-electron chi connectivity index (χ1n) is 7.28. The Hall–Kier alpha value is -2.53. The van der Waals surface area contributed by atoms with Crippen LogP contribution >= 0.6 is 11.6 Å². The lowest BCUT2D eigenvalue weighted by Crippen LogP contribution is -2.35. The molecule has 0 N–H and O–H groups in total. The SMILES string of the molecule is O=C(c1ccco1)N1CCc2c(noc2-c2ccc(Cl)cc2)C1. The fourth-order valence-corrected chi connectivity index (χ4v) is 2.91. The highest BCUT2D eigenvalue weighted by molar-refractivity contribution is 6.30. The van der Waals surface area contributed by atoms with Crippen molar-refractivity contribution in [3.05, 3.63) is 64.7 Å². The third kappa shape index (κ3) is 2.53. The standard InChI is InChI=1S/C17H13ClN2O3/c18-12-5-3-11(4-6-12)16-13-7-8-20(10-14(13)19-23-16)17(21)15-2-1-9-22-15/h1-6,9H,7-8,10H2. The summed E-state index contributed by atoms with van der Waals surface area (Å²) in [4.78, 5) is 14.1. The first-order valence-corrected chi connectivity index (χ1v) is 7.66. The van der Waals surface area contributed by atoms with Gasteiger partial charge < -0.3 is 13.8 Å². The fraction of sp³-hybridized carbons (Fsp3) is 0.176. The predicted octanol–water partition coefficient (Wildman–Crippen LogP) is 3.79. The Bertz CT molecular complexity index is 837. The Morgan fingerprint density at radius 3 is 2.78 bits per heavy atom. The second-order valence-corrected chi connectivity index (χ2v) is 5.83. The van der Waals surface area contributed by atoms with Crippen molar-refractivity contribution in [3.8, 4) is 11.3 Å². The summed E-state index contributed by atoms with van der Waals surface area (Å²) in [5, 5.41) is 4.82. The minimum Gasteiger partial charge on any atom is -0.459 e. The highest BCUT2D eigenvalue weighted by atomic mass is 35.5. The van der Waals surface area contributed by atoms with E-state index >= 15 is 0 Å². The monoisotopic (exact) mass is 328 g/mol. The van der Waals surface area contributed by atoms with E-state index in [0.717, 1.165) is 22.6 Å². The fourth-order valence-electron chi connectivity index (χ4n) is 2.79. The van der Waals surface area contributed by atoms with E-state index in [0.29, 0.717) is 30.3 Å². The van der Waals surface area contributed by atoms with E-state index < -0.39 is 0 Å². The van der Waals surface area contributed by atoms with Gasteiger partial charge in [-0.1, -0.05) is 16.8 Å². The number of nitrogens with zero attached hydrogens (tertiary/aromatic N) is 2. The van der Waals surface area contributed by atoms with Crippen molar-refractivity contribution in [2.45, 2.75) is 13.0 Å². The predicted molar refractivity (Wildman–Crippen MR) is 84.1 cm³/mol. The van der Waals surface area contributed by atoms with Gasteiger partial charge in [0.05, 0.1) is 12.8 Å². The molecule has 1 aliphatic heterocycles. The molecule has 4 rings (SSSR count). The molecule has 3 aromatic rings. The summed E-state index contributed by atoms with van der Waals surface area (Å²) < 4.78 is 10.7. The molecular formula is C17H13ClN2O3. The summed E-state index contributed by atoms with van der Waals surface area (Å²) in [6.07, 6.45) is 2.20. The van der Waals surface area contributed by atoms with E-state index in [1.807, 2.05) is 24.3 Å². The molecule has 0 spiro atoms. The van der Waals surface area contributed by atoms with Gasteiger partial charge in [0.1, 0.15) is 5.69 Å². The summed E-state index contributed by atoms with van der Waals surface area (Å²) in [6.45, 7) is 1.03. The van der Waals surface area contributed by atoms with Gasteiger partial charge in [0.2, 0.25) is 0 Å². The molecule has 0 fully saturated rings. The molecular weight excluding hydrogens is 316 g/mol. The number of aromatic nitrogens is 1. The average molecular weight is 329 g/mol. The Morgan fingerprint density at radius 1 is 1.22 bits per heavy atom. The number of hydrogen-bond acceptors (Lipinski definition) is 4. The van der Waals surface area contributed by atoms with Crippen LogP contribution < -0.4 is 0 Å². The first-order chi connectivity index (χ1) is 11.2. The van der Waals surface area contributed by atoms with Gasteiger partial charge >= 0.3 is 0 Å². The van der Waals surface area contributed by atoms with Crippen LogP contribution in [-0.2, 0) is 13.0 Å². The lowest BCUT2D eigenvalue weighted by Gasteiger charge is -2.25. The molecule has 0 atom stereocenters. The number of halogens is 1. The second kappa shape index (κ2) is 5.59. The lowest BCUT2D eigenvalue weighted by atomic mass is 10.0. The smallest absolute Gasteiger partial charge is 0.289 e. The molecule has 1 aliphatic rings. The van der Waals surface area contributed by atoms with Crippen LogP contribution in [0.15, 0.2) is 51.6 Å². The van der Waals surface area contributed by atoms with Gasteiger partial charge in [-0.3, -0.25) is 4.79 Å². The number of fused-ring (bicyclic) bond motifs is 1. The molecule has 1 aromatic carbocycles. The minimum atomic E-state index is -0.128. The zero-order valence-corrected chi connectivity index (χ0v) is 12.9. The van der Waals surface area contributed by atoms with Crippen LogP contribution in [0.5, 0.6) is 0 Å². The van der Waals surface area contributed by atoms with E-state index in [2.05, 4.69) is 5.16 Å². The van der Waals surface area contributed by atoms with Crippen molar-refractivity contribution < 1.29 is 13.7 Å². The number of benzene rings is 1. The Kier molecular flexibility index (Phi) is 3.42. The number of carbonyl (C=O) groups is 1. The number of amides is 1. The van der Waals surface area contributed by atoms with E-state index in [4.69, 9.17) is 20.5 Å². The number of furan rings is 1. The van der Waals surface area contributed by atoms with Crippen LogP contribution in [0.2, 0.25) is 5.02 Å². The first kappa shape index (κ1) is 14.1. The van der Waals surface area contributed by atoms with Gasteiger partial charge in [-0.05, 0) is 42.8 Å². The number of carbonyl (C=O) groups excluding carboxylic acids is 1. The highest BCUT2D eigenvalue weighted by Crippen LogP contribution is 2.31. The van der Waals surface area contributed by atoms with Gasteiger partial charge in [-0.15, -0.1) is 0 Å². The molecule has 0 saturated carbocycles. The van der Waals surface area contributed by atoms with Gasteiger partial charge in [0, 0.05) is 22.7 Å². The normalized spacial score (nSPS) is 13.9. The van der Waals surface area contributed by atoms with Gasteiger partial charge in [0.15, 0.2) is 11.5 Å². The summed E-state index contributed by atoms with van der Waals surface area (Å²) in [5.41, 5.74) is 2.78. The summed E-state index contributed by atoms with van der Waals surface area (Å²) in [5.74, 6) is 0.966. The zero-order valence-electron chi connectivity index (χ0n) is 12.2. The van der Waals surface area contributed by atoms with Crippen LogP contribution in [0.3, 0.4) is 0 Å². The molecule has 1 amide bonds. The van der Waals surface area contributed by atoms with Crippen molar-refractivity contribution in [1.82, 2.24) is 10.1 Å². The third-order valence-electron chi connectivity index (χ3n) is 3.97. The van der Waals surface area contributed by atoms with Crippen molar-refractivity contribution in [2.24, 2.45) is 0 Å². The van der Waals surface area contributed by atoms with E-state index in [9.17, 15) is 4.79 Å². The van der Waals surface area contributed by atoms with E-state index in [1.54, 1.807) is 17.0 Å². The Morgan fingerprint density at radius 2 is 2.04 bits per heavy atom. The molecule has 0 aliphatic carbocycles.